The van der Waals surface area contributed by atoms with E-state index in [1.807, 2.05) is 0 Å². The lowest BCUT2D eigenvalue weighted by Gasteiger charge is -2.19. The molecule has 16 heavy (non-hydrogen) atoms. The van der Waals surface area contributed by atoms with Gasteiger partial charge < -0.3 is 10.0 Å². The molecule has 0 aliphatic rings. The molecular formula is C12H23NO3. The molecule has 0 rings (SSSR count). The summed E-state index contributed by atoms with van der Waals surface area (Å²) in [4.78, 5) is 23.7. The molecule has 1 amide bonds. The van der Waals surface area contributed by atoms with Crippen LogP contribution >= 0.6 is 0 Å². The molecule has 1 unspecified atom stereocenters. The topological polar surface area (TPSA) is 57.6 Å². The summed E-state index contributed by atoms with van der Waals surface area (Å²) in [5.74, 6) is -1.31. The van der Waals surface area contributed by atoms with Crippen LogP contribution in [0.1, 0.15) is 46.0 Å². The summed E-state index contributed by atoms with van der Waals surface area (Å²) < 4.78 is 0. The highest BCUT2D eigenvalue weighted by Gasteiger charge is 2.16. The predicted molar refractivity (Wildman–Crippen MR) is 63.2 cm³/mol. The Labute approximate surface area is 97.6 Å². The van der Waals surface area contributed by atoms with Gasteiger partial charge in [-0.05, 0) is 6.42 Å². The molecule has 0 aromatic rings. The van der Waals surface area contributed by atoms with Crippen molar-refractivity contribution in [1.82, 2.24) is 4.90 Å². The van der Waals surface area contributed by atoms with Crippen molar-refractivity contribution in [2.45, 2.75) is 46.0 Å². The second-order valence-corrected chi connectivity index (χ2v) is 4.32. The summed E-state index contributed by atoms with van der Waals surface area (Å²) in [6, 6.07) is 0. The Hall–Kier alpha value is -1.06. The Balaban J connectivity index is 3.77. The van der Waals surface area contributed by atoms with Gasteiger partial charge in [-0.1, -0.05) is 33.1 Å². The van der Waals surface area contributed by atoms with Crippen molar-refractivity contribution >= 4 is 11.9 Å². The molecule has 0 aromatic heterocycles. The van der Waals surface area contributed by atoms with E-state index in [1.54, 1.807) is 14.0 Å². The zero-order chi connectivity index (χ0) is 12.6. The van der Waals surface area contributed by atoms with Gasteiger partial charge in [0.1, 0.15) is 0 Å². The SMILES string of the molecule is CCCCCCC(=O)N(C)CC(C)C(=O)O. The number of carbonyl (C=O) groups is 2. The number of rotatable bonds is 8. The zero-order valence-corrected chi connectivity index (χ0v) is 10.5. The normalized spacial score (nSPS) is 12.2. The molecule has 4 nitrogen and oxygen atoms in total. The van der Waals surface area contributed by atoms with Crippen LogP contribution in [0.15, 0.2) is 0 Å². The van der Waals surface area contributed by atoms with Gasteiger partial charge in [0.2, 0.25) is 5.91 Å². The van der Waals surface area contributed by atoms with Gasteiger partial charge in [0, 0.05) is 20.0 Å². The van der Waals surface area contributed by atoms with Gasteiger partial charge in [0.25, 0.3) is 0 Å². The first kappa shape index (κ1) is 14.9. The number of carboxylic acids is 1. The van der Waals surface area contributed by atoms with Crippen LogP contribution in [0.5, 0.6) is 0 Å². The average Bonchev–Trinajstić information content (AvgIpc) is 2.23. The summed E-state index contributed by atoms with van der Waals surface area (Å²) >= 11 is 0. The summed E-state index contributed by atoms with van der Waals surface area (Å²) in [7, 11) is 1.67. The van der Waals surface area contributed by atoms with Crippen LogP contribution < -0.4 is 0 Å². The van der Waals surface area contributed by atoms with E-state index in [0.29, 0.717) is 13.0 Å². The van der Waals surface area contributed by atoms with Gasteiger partial charge in [-0.25, -0.2) is 0 Å². The number of hydrogen-bond acceptors (Lipinski definition) is 2. The first-order valence-corrected chi connectivity index (χ1v) is 5.95. The lowest BCUT2D eigenvalue weighted by Crippen LogP contribution is -2.33. The minimum Gasteiger partial charge on any atom is -0.481 e. The van der Waals surface area contributed by atoms with Crippen molar-refractivity contribution in [2.75, 3.05) is 13.6 Å². The lowest BCUT2D eigenvalue weighted by atomic mass is 10.1. The van der Waals surface area contributed by atoms with Crippen LogP contribution in [-0.2, 0) is 9.59 Å². The number of unbranched alkanes of at least 4 members (excludes halogenated alkanes) is 3. The van der Waals surface area contributed by atoms with Gasteiger partial charge in [-0.2, -0.15) is 0 Å². The summed E-state index contributed by atoms with van der Waals surface area (Å²) in [6.45, 7) is 4.04. The molecule has 0 aliphatic heterocycles. The van der Waals surface area contributed by atoms with E-state index in [2.05, 4.69) is 6.92 Å². The summed E-state index contributed by atoms with van der Waals surface area (Å²) in [5, 5.41) is 8.72. The Bertz CT molecular complexity index is 228. The smallest absolute Gasteiger partial charge is 0.308 e. The number of carbonyl (C=O) groups excluding carboxylic acids is 1. The molecule has 0 saturated heterocycles. The fourth-order valence-corrected chi connectivity index (χ4v) is 1.48. The molecule has 0 radical (unpaired) electrons. The van der Waals surface area contributed by atoms with E-state index in [0.717, 1.165) is 25.7 Å². The van der Waals surface area contributed by atoms with Gasteiger partial charge in [0.15, 0.2) is 0 Å². The summed E-state index contributed by atoms with van der Waals surface area (Å²) in [6.07, 6.45) is 4.81. The quantitative estimate of drug-likeness (QED) is 0.649. The van der Waals surface area contributed by atoms with E-state index in [9.17, 15) is 9.59 Å². The number of carboxylic acid groups (broad SMARTS) is 1. The van der Waals surface area contributed by atoms with Crippen LogP contribution in [-0.4, -0.2) is 35.5 Å². The maximum absolute atomic E-state index is 11.6. The Morgan fingerprint density at radius 2 is 1.88 bits per heavy atom. The third-order valence-electron chi connectivity index (χ3n) is 2.64. The molecule has 94 valence electrons. The molecule has 4 heteroatoms. The number of amides is 1. The Morgan fingerprint density at radius 1 is 1.25 bits per heavy atom. The highest BCUT2D eigenvalue weighted by atomic mass is 16.4. The molecule has 1 atom stereocenters. The second kappa shape index (κ2) is 8.13. The van der Waals surface area contributed by atoms with Crippen molar-refractivity contribution in [3.05, 3.63) is 0 Å². The Kier molecular flexibility index (Phi) is 7.60. The molecule has 0 fully saturated rings. The van der Waals surface area contributed by atoms with Crippen LogP contribution in [0.3, 0.4) is 0 Å². The van der Waals surface area contributed by atoms with Gasteiger partial charge in [-0.15, -0.1) is 0 Å². The fourth-order valence-electron chi connectivity index (χ4n) is 1.48. The number of hydrogen-bond donors (Lipinski definition) is 1. The van der Waals surface area contributed by atoms with E-state index < -0.39 is 11.9 Å². The first-order valence-electron chi connectivity index (χ1n) is 5.95. The molecule has 0 aliphatic carbocycles. The monoisotopic (exact) mass is 229 g/mol. The highest BCUT2D eigenvalue weighted by Crippen LogP contribution is 2.06. The molecular weight excluding hydrogens is 206 g/mol. The fraction of sp³-hybridized carbons (Fsp3) is 0.833. The minimum absolute atomic E-state index is 0.0456. The van der Waals surface area contributed by atoms with Gasteiger partial charge in [0.05, 0.1) is 5.92 Å². The van der Waals surface area contributed by atoms with E-state index in [1.165, 1.54) is 4.90 Å². The van der Waals surface area contributed by atoms with Crippen LogP contribution in [0, 0.1) is 5.92 Å². The largest absolute Gasteiger partial charge is 0.481 e. The van der Waals surface area contributed by atoms with E-state index in [-0.39, 0.29) is 5.91 Å². The van der Waals surface area contributed by atoms with Crippen LogP contribution in [0.25, 0.3) is 0 Å². The van der Waals surface area contributed by atoms with Gasteiger partial charge >= 0.3 is 5.97 Å². The van der Waals surface area contributed by atoms with Gasteiger partial charge in [-0.3, -0.25) is 9.59 Å². The predicted octanol–water partition coefficient (Wildman–Crippen LogP) is 2.14. The van der Waals surface area contributed by atoms with Crippen molar-refractivity contribution in [3.63, 3.8) is 0 Å². The third-order valence-corrected chi connectivity index (χ3v) is 2.64. The Morgan fingerprint density at radius 3 is 2.38 bits per heavy atom. The van der Waals surface area contributed by atoms with Crippen molar-refractivity contribution in [3.8, 4) is 0 Å². The van der Waals surface area contributed by atoms with Crippen LogP contribution in [0.2, 0.25) is 0 Å². The second-order valence-electron chi connectivity index (χ2n) is 4.32. The molecule has 0 spiro atoms. The van der Waals surface area contributed by atoms with Crippen LogP contribution in [0.4, 0.5) is 0 Å². The molecule has 0 saturated carbocycles. The van der Waals surface area contributed by atoms with Crippen molar-refractivity contribution < 1.29 is 14.7 Å². The van der Waals surface area contributed by atoms with Crippen molar-refractivity contribution in [2.24, 2.45) is 5.92 Å². The maximum Gasteiger partial charge on any atom is 0.308 e. The number of nitrogens with zero attached hydrogens (tertiary/aromatic N) is 1. The first-order chi connectivity index (χ1) is 7.49. The number of aliphatic carboxylic acids is 1. The molecule has 0 bridgehead atoms. The summed E-state index contributed by atoms with van der Waals surface area (Å²) in [5.41, 5.74) is 0. The molecule has 0 heterocycles. The van der Waals surface area contributed by atoms with E-state index in [4.69, 9.17) is 5.11 Å². The minimum atomic E-state index is -0.856. The lowest BCUT2D eigenvalue weighted by molar-refractivity contribution is -0.142. The highest BCUT2D eigenvalue weighted by molar-refractivity contribution is 5.77. The zero-order valence-electron chi connectivity index (χ0n) is 10.5. The molecule has 0 aromatic carbocycles. The van der Waals surface area contributed by atoms with Crippen molar-refractivity contribution in [1.29, 1.82) is 0 Å². The standard InChI is InChI=1S/C12H23NO3/c1-4-5-6-7-8-11(14)13(3)9-10(2)12(15)16/h10H,4-9H2,1-3H3,(H,15,16). The maximum atomic E-state index is 11.6. The average molecular weight is 229 g/mol. The van der Waals surface area contributed by atoms with E-state index >= 15 is 0 Å². The molecule has 1 N–H and O–H groups in total. The third kappa shape index (κ3) is 6.43.